The molecular weight excluding hydrogens is 362 g/mol. The molecule has 0 saturated heterocycles. The smallest absolute Gasteiger partial charge is 0.217 e. The van der Waals surface area contributed by atoms with E-state index < -0.39 is 26.6 Å². The van der Waals surface area contributed by atoms with Crippen LogP contribution in [0.5, 0.6) is 0 Å². The van der Waals surface area contributed by atoms with Crippen LogP contribution in [0, 0.1) is 0 Å². The minimum absolute atomic E-state index is 0.0548. The van der Waals surface area contributed by atoms with Gasteiger partial charge in [-0.3, -0.25) is 4.79 Å². The molecule has 0 aliphatic rings. The molecule has 0 aliphatic heterocycles. The standard InChI is InChI=1S/C20H35NO5Si/c1-15(24)21-19(18(13-23)26-27(5,6)20(2,3)4)17(12-22)25-14-16-10-8-7-9-11-16/h7-11,17-19,22-23H,12-14H2,1-6H3,(H,21,24)/t17-,18+,19+/m1/s1. The number of carbonyl (C=O) groups is 1. The first-order valence-electron chi connectivity index (χ1n) is 9.34. The Bertz CT molecular complexity index is 573. The zero-order valence-electron chi connectivity index (χ0n) is 17.4. The van der Waals surface area contributed by atoms with Gasteiger partial charge in [-0.2, -0.15) is 0 Å². The molecule has 0 unspecified atom stereocenters. The minimum atomic E-state index is -2.20. The molecular formula is C20H35NO5Si. The summed E-state index contributed by atoms with van der Waals surface area (Å²) in [6, 6.07) is 8.94. The molecule has 0 bridgehead atoms. The lowest BCUT2D eigenvalue weighted by Crippen LogP contribution is -2.58. The van der Waals surface area contributed by atoms with Gasteiger partial charge >= 0.3 is 0 Å². The molecule has 0 radical (unpaired) electrons. The number of rotatable bonds is 10. The molecule has 27 heavy (non-hydrogen) atoms. The summed E-state index contributed by atoms with van der Waals surface area (Å²) in [4.78, 5) is 11.8. The largest absolute Gasteiger partial charge is 0.409 e. The van der Waals surface area contributed by atoms with E-state index >= 15 is 0 Å². The average Bonchev–Trinajstić information content (AvgIpc) is 2.59. The van der Waals surface area contributed by atoms with Crippen LogP contribution in [0.15, 0.2) is 30.3 Å². The maximum absolute atomic E-state index is 11.8. The number of aliphatic hydroxyl groups is 2. The van der Waals surface area contributed by atoms with E-state index in [0.29, 0.717) is 6.61 Å². The molecule has 0 aliphatic carbocycles. The zero-order chi connectivity index (χ0) is 20.7. The third kappa shape index (κ3) is 7.35. The molecule has 0 spiro atoms. The molecule has 1 aromatic carbocycles. The molecule has 3 N–H and O–H groups in total. The van der Waals surface area contributed by atoms with E-state index in [2.05, 4.69) is 39.2 Å². The first-order valence-corrected chi connectivity index (χ1v) is 12.2. The fraction of sp³-hybridized carbons (Fsp3) is 0.650. The third-order valence-corrected chi connectivity index (χ3v) is 9.59. The summed E-state index contributed by atoms with van der Waals surface area (Å²) in [6.07, 6.45) is -1.36. The van der Waals surface area contributed by atoms with Gasteiger partial charge in [-0.1, -0.05) is 51.1 Å². The number of ether oxygens (including phenoxy) is 1. The second-order valence-electron chi connectivity index (χ2n) is 8.34. The maximum atomic E-state index is 11.8. The molecule has 0 heterocycles. The Morgan fingerprint density at radius 3 is 2.11 bits per heavy atom. The first-order chi connectivity index (χ1) is 12.5. The van der Waals surface area contributed by atoms with Gasteiger partial charge in [-0.15, -0.1) is 0 Å². The molecule has 0 saturated carbocycles. The molecule has 3 atom stereocenters. The highest BCUT2D eigenvalue weighted by molar-refractivity contribution is 6.74. The number of amides is 1. The summed E-state index contributed by atoms with van der Waals surface area (Å²) in [5.41, 5.74) is 0.961. The van der Waals surface area contributed by atoms with Crippen molar-refractivity contribution in [2.75, 3.05) is 13.2 Å². The van der Waals surface area contributed by atoms with Gasteiger partial charge in [0.2, 0.25) is 5.91 Å². The number of nitrogens with one attached hydrogen (secondary N) is 1. The van der Waals surface area contributed by atoms with Gasteiger partial charge in [0.1, 0.15) is 6.10 Å². The maximum Gasteiger partial charge on any atom is 0.217 e. The van der Waals surface area contributed by atoms with Crippen molar-refractivity contribution in [3.05, 3.63) is 35.9 Å². The lowest BCUT2D eigenvalue weighted by molar-refractivity contribution is -0.124. The van der Waals surface area contributed by atoms with Gasteiger partial charge in [-0.05, 0) is 23.7 Å². The number of hydrogen-bond donors (Lipinski definition) is 3. The Hall–Kier alpha value is -1.25. The van der Waals surface area contributed by atoms with Crippen molar-refractivity contribution in [1.29, 1.82) is 0 Å². The van der Waals surface area contributed by atoms with Gasteiger partial charge < -0.3 is 24.7 Å². The van der Waals surface area contributed by atoms with Crippen LogP contribution in [-0.2, 0) is 20.6 Å². The summed E-state index contributed by atoms with van der Waals surface area (Å²) in [5.74, 6) is -0.265. The number of aliphatic hydroxyl groups excluding tert-OH is 2. The Morgan fingerprint density at radius 1 is 1.11 bits per heavy atom. The van der Waals surface area contributed by atoms with Crippen molar-refractivity contribution in [3.63, 3.8) is 0 Å². The molecule has 154 valence electrons. The summed E-state index contributed by atoms with van der Waals surface area (Å²) in [7, 11) is -2.20. The second-order valence-corrected chi connectivity index (χ2v) is 13.1. The van der Waals surface area contributed by atoms with Crippen LogP contribution in [0.2, 0.25) is 18.1 Å². The molecule has 1 amide bonds. The third-order valence-electron chi connectivity index (χ3n) is 5.09. The van der Waals surface area contributed by atoms with Crippen molar-refractivity contribution in [3.8, 4) is 0 Å². The van der Waals surface area contributed by atoms with E-state index in [9.17, 15) is 15.0 Å². The minimum Gasteiger partial charge on any atom is -0.409 e. The lowest BCUT2D eigenvalue weighted by Gasteiger charge is -2.42. The quantitative estimate of drug-likeness (QED) is 0.528. The molecule has 1 rings (SSSR count). The predicted octanol–water partition coefficient (Wildman–Crippen LogP) is 2.45. The fourth-order valence-electron chi connectivity index (χ4n) is 2.49. The summed E-state index contributed by atoms with van der Waals surface area (Å²) >= 11 is 0. The van der Waals surface area contributed by atoms with Crippen LogP contribution < -0.4 is 5.32 Å². The van der Waals surface area contributed by atoms with Crippen molar-refractivity contribution < 1.29 is 24.2 Å². The SMILES string of the molecule is CC(=O)N[C@H]([C@H](CO)O[Si](C)(C)C(C)(C)C)[C@@H](CO)OCc1ccccc1. The summed E-state index contributed by atoms with van der Waals surface area (Å²) in [6.45, 7) is 11.6. The molecule has 6 nitrogen and oxygen atoms in total. The van der Waals surface area contributed by atoms with E-state index in [1.165, 1.54) is 6.92 Å². The van der Waals surface area contributed by atoms with Crippen LogP contribution in [0.1, 0.15) is 33.3 Å². The number of hydrogen-bond acceptors (Lipinski definition) is 5. The summed E-state index contributed by atoms with van der Waals surface area (Å²) < 4.78 is 12.2. The van der Waals surface area contributed by atoms with E-state index in [4.69, 9.17) is 9.16 Å². The summed E-state index contributed by atoms with van der Waals surface area (Å²) in [5, 5.41) is 22.6. The lowest BCUT2D eigenvalue weighted by atomic mass is 10.1. The van der Waals surface area contributed by atoms with Crippen molar-refractivity contribution >= 4 is 14.2 Å². The number of benzene rings is 1. The number of carbonyl (C=O) groups excluding carboxylic acids is 1. The van der Waals surface area contributed by atoms with Crippen LogP contribution in [-0.4, -0.2) is 55.9 Å². The molecule has 1 aromatic rings. The van der Waals surface area contributed by atoms with E-state index in [-0.39, 0.29) is 24.2 Å². The van der Waals surface area contributed by atoms with E-state index in [1.54, 1.807) is 0 Å². The Morgan fingerprint density at radius 2 is 1.67 bits per heavy atom. The molecule has 7 heteroatoms. The van der Waals surface area contributed by atoms with Gasteiger partial charge in [0, 0.05) is 6.92 Å². The Labute approximate surface area is 164 Å². The zero-order valence-corrected chi connectivity index (χ0v) is 18.4. The average molecular weight is 398 g/mol. The van der Waals surface area contributed by atoms with Crippen LogP contribution in [0.3, 0.4) is 0 Å². The first kappa shape index (κ1) is 23.8. The van der Waals surface area contributed by atoms with Crippen molar-refractivity contribution in [2.45, 2.75) is 70.7 Å². The van der Waals surface area contributed by atoms with Gasteiger partial charge in [0.05, 0.1) is 32.0 Å². The van der Waals surface area contributed by atoms with Gasteiger partial charge in [-0.25, -0.2) is 0 Å². The van der Waals surface area contributed by atoms with Gasteiger partial charge in [0.15, 0.2) is 8.32 Å². The van der Waals surface area contributed by atoms with E-state index in [1.807, 2.05) is 30.3 Å². The van der Waals surface area contributed by atoms with E-state index in [0.717, 1.165) is 5.56 Å². The second kappa shape index (κ2) is 10.3. The Kier molecular flexibility index (Phi) is 9.10. The molecule has 0 fully saturated rings. The van der Waals surface area contributed by atoms with Gasteiger partial charge in [0.25, 0.3) is 0 Å². The Balaban J connectivity index is 2.98. The van der Waals surface area contributed by atoms with Crippen LogP contribution in [0.25, 0.3) is 0 Å². The van der Waals surface area contributed by atoms with Crippen molar-refractivity contribution in [1.82, 2.24) is 5.32 Å². The van der Waals surface area contributed by atoms with Crippen LogP contribution in [0.4, 0.5) is 0 Å². The highest BCUT2D eigenvalue weighted by atomic mass is 28.4. The topological polar surface area (TPSA) is 88.0 Å². The fourth-order valence-corrected chi connectivity index (χ4v) is 3.82. The molecule has 0 aromatic heterocycles. The highest BCUT2D eigenvalue weighted by Gasteiger charge is 2.42. The normalized spacial score (nSPS) is 15.9. The predicted molar refractivity (Wildman–Crippen MR) is 109 cm³/mol. The van der Waals surface area contributed by atoms with Crippen molar-refractivity contribution in [2.24, 2.45) is 0 Å². The monoisotopic (exact) mass is 397 g/mol. The highest BCUT2D eigenvalue weighted by Crippen LogP contribution is 2.37. The van der Waals surface area contributed by atoms with Crippen LogP contribution >= 0.6 is 0 Å².